The Morgan fingerprint density at radius 1 is 0.485 bits per heavy atom. The largest absolute Gasteiger partial charge is 0.341 e. The SMILES string of the molecule is CCCCCCCCCCCCCCCCCCN1c2ccccc2CCc2ccccc21. The van der Waals surface area contributed by atoms with Crippen LogP contribution < -0.4 is 4.90 Å². The van der Waals surface area contributed by atoms with Gasteiger partial charge in [0.15, 0.2) is 0 Å². The predicted molar refractivity (Wildman–Crippen MR) is 147 cm³/mol. The van der Waals surface area contributed by atoms with Crippen molar-refractivity contribution < 1.29 is 0 Å². The molecule has 2 aromatic carbocycles. The molecule has 1 aliphatic rings. The molecule has 0 bridgehead atoms. The van der Waals surface area contributed by atoms with E-state index in [0.29, 0.717) is 0 Å². The van der Waals surface area contributed by atoms with Crippen LogP contribution in [-0.2, 0) is 12.8 Å². The van der Waals surface area contributed by atoms with E-state index >= 15 is 0 Å². The van der Waals surface area contributed by atoms with Crippen molar-refractivity contribution in [1.82, 2.24) is 0 Å². The van der Waals surface area contributed by atoms with Crippen molar-refractivity contribution in [2.75, 3.05) is 11.4 Å². The van der Waals surface area contributed by atoms with Gasteiger partial charge in [0, 0.05) is 17.9 Å². The molecule has 0 aromatic heterocycles. The highest BCUT2D eigenvalue weighted by atomic mass is 15.1. The summed E-state index contributed by atoms with van der Waals surface area (Å²) in [5.41, 5.74) is 5.88. The standard InChI is InChI=1S/C32H49N/c1-2-3-4-5-6-7-8-9-10-11-12-13-14-15-16-21-28-33-31-24-19-17-22-29(31)26-27-30-23-18-20-25-32(30)33/h17-20,22-25H,2-16,21,26-28H2,1H3. The van der Waals surface area contributed by atoms with E-state index in [2.05, 4.69) is 60.4 Å². The van der Waals surface area contributed by atoms with Gasteiger partial charge in [-0.3, -0.25) is 0 Å². The Morgan fingerprint density at radius 3 is 1.27 bits per heavy atom. The molecule has 0 atom stereocenters. The number of nitrogens with zero attached hydrogens (tertiary/aromatic N) is 1. The molecule has 1 aliphatic heterocycles. The second-order valence-electron chi connectivity index (χ2n) is 10.2. The Bertz CT molecular complexity index is 717. The zero-order valence-corrected chi connectivity index (χ0v) is 21.5. The van der Waals surface area contributed by atoms with Crippen LogP contribution in [0.4, 0.5) is 11.4 Å². The van der Waals surface area contributed by atoms with Crippen LogP contribution in [0.5, 0.6) is 0 Å². The Balaban J connectivity index is 1.24. The molecular weight excluding hydrogens is 398 g/mol. The number of fused-ring (bicyclic) bond motifs is 2. The summed E-state index contributed by atoms with van der Waals surface area (Å²) in [6, 6.07) is 18.1. The van der Waals surface area contributed by atoms with Crippen LogP contribution in [0.25, 0.3) is 0 Å². The molecular formula is C32H49N. The number of aryl methyl sites for hydroxylation is 2. The Morgan fingerprint density at radius 2 is 0.848 bits per heavy atom. The van der Waals surface area contributed by atoms with E-state index in [-0.39, 0.29) is 0 Å². The lowest BCUT2D eigenvalue weighted by Crippen LogP contribution is -2.19. The average molecular weight is 448 g/mol. The van der Waals surface area contributed by atoms with Gasteiger partial charge >= 0.3 is 0 Å². The van der Waals surface area contributed by atoms with E-state index in [1.165, 1.54) is 125 Å². The molecule has 182 valence electrons. The van der Waals surface area contributed by atoms with Crippen LogP contribution in [0.3, 0.4) is 0 Å². The van der Waals surface area contributed by atoms with Gasteiger partial charge in [-0.15, -0.1) is 0 Å². The second-order valence-corrected chi connectivity index (χ2v) is 10.2. The van der Waals surface area contributed by atoms with Gasteiger partial charge in [-0.05, 0) is 42.5 Å². The Hall–Kier alpha value is -1.76. The van der Waals surface area contributed by atoms with E-state index < -0.39 is 0 Å². The summed E-state index contributed by atoms with van der Waals surface area (Å²) in [5, 5.41) is 0. The van der Waals surface area contributed by atoms with Crippen LogP contribution in [0.2, 0.25) is 0 Å². The first kappa shape index (κ1) is 25.9. The van der Waals surface area contributed by atoms with Crippen LogP contribution in [-0.4, -0.2) is 6.54 Å². The smallest absolute Gasteiger partial charge is 0.0443 e. The maximum Gasteiger partial charge on any atom is 0.0443 e. The molecule has 0 amide bonds. The molecule has 1 nitrogen and oxygen atoms in total. The van der Waals surface area contributed by atoms with Gasteiger partial charge in [0.25, 0.3) is 0 Å². The summed E-state index contributed by atoms with van der Waals surface area (Å²) in [4.78, 5) is 2.60. The minimum absolute atomic E-state index is 1.15. The van der Waals surface area contributed by atoms with Crippen LogP contribution in [0, 0.1) is 0 Å². The first-order valence-electron chi connectivity index (χ1n) is 14.3. The fourth-order valence-electron chi connectivity index (χ4n) is 5.43. The highest BCUT2D eigenvalue weighted by Gasteiger charge is 2.19. The van der Waals surface area contributed by atoms with Gasteiger partial charge in [0.05, 0.1) is 0 Å². The van der Waals surface area contributed by atoms with Crippen molar-refractivity contribution in [3.8, 4) is 0 Å². The number of hydrogen-bond acceptors (Lipinski definition) is 1. The summed E-state index contributed by atoms with van der Waals surface area (Å²) >= 11 is 0. The number of anilines is 2. The van der Waals surface area contributed by atoms with Gasteiger partial charge < -0.3 is 4.90 Å². The van der Waals surface area contributed by atoms with E-state index in [4.69, 9.17) is 0 Å². The number of rotatable bonds is 17. The van der Waals surface area contributed by atoms with Crippen molar-refractivity contribution >= 4 is 11.4 Å². The first-order valence-corrected chi connectivity index (χ1v) is 14.3. The molecule has 1 heteroatoms. The number of hydrogen-bond donors (Lipinski definition) is 0. The fraction of sp³-hybridized carbons (Fsp3) is 0.625. The molecule has 0 radical (unpaired) electrons. The third-order valence-corrected chi connectivity index (χ3v) is 7.46. The van der Waals surface area contributed by atoms with Gasteiger partial charge in [0.2, 0.25) is 0 Å². The minimum atomic E-state index is 1.15. The summed E-state index contributed by atoms with van der Waals surface area (Å²) in [6.07, 6.45) is 25.2. The predicted octanol–water partition coefficient (Wildman–Crippen LogP) is 10.2. The molecule has 0 aliphatic carbocycles. The summed E-state index contributed by atoms with van der Waals surface area (Å²) in [6.45, 7) is 3.45. The lowest BCUT2D eigenvalue weighted by atomic mass is 10.0. The van der Waals surface area contributed by atoms with Crippen molar-refractivity contribution in [2.45, 2.75) is 122 Å². The zero-order chi connectivity index (χ0) is 23.0. The van der Waals surface area contributed by atoms with Crippen LogP contribution >= 0.6 is 0 Å². The topological polar surface area (TPSA) is 3.24 Å². The van der Waals surface area contributed by atoms with Crippen molar-refractivity contribution in [1.29, 1.82) is 0 Å². The van der Waals surface area contributed by atoms with Crippen LogP contribution in [0.15, 0.2) is 48.5 Å². The van der Waals surface area contributed by atoms with E-state index in [9.17, 15) is 0 Å². The quantitative estimate of drug-likeness (QED) is 0.218. The van der Waals surface area contributed by atoms with E-state index in [0.717, 1.165) is 19.4 Å². The number of unbranched alkanes of at least 4 members (excludes halogenated alkanes) is 15. The van der Waals surface area contributed by atoms with Gasteiger partial charge in [-0.1, -0.05) is 140 Å². The van der Waals surface area contributed by atoms with E-state index in [1.54, 1.807) is 0 Å². The maximum absolute atomic E-state index is 2.60. The lowest BCUT2D eigenvalue weighted by Gasteiger charge is -2.27. The highest BCUT2D eigenvalue weighted by Crippen LogP contribution is 2.36. The van der Waals surface area contributed by atoms with Crippen molar-refractivity contribution in [3.05, 3.63) is 59.7 Å². The third kappa shape index (κ3) is 9.19. The average Bonchev–Trinajstić information content (AvgIpc) is 3.01. The molecule has 3 rings (SSSR count). The van der Waals surface area contributed by atoms with Gasteiger partial charge in [-0.25, -0.2) is 0 Å². The Labute approximate surface area is 205 Å². The summed E-state index contributed by atoms with van der Waals surface area (Å²) < 4.78 is 0. The normalized spacial score (nSPS) is 12.9. The van der Waals surface area contributed by atoms with E-state index in [1.807, 2.05) is 0 Å². The Kier molecular flexibility index (Phi) is 12.5. The third-order valence-electron chi connectivity index (χ3n) is 7.46. The van der Waals surface area contributed by atoms with Gasteiger partial charge in [-0.2, -0.15) is 0 Å². The van der Waals surface area contributed by atoms with Crippen molar-refractivity contribution in [3.63, 3.8) is 0 Å². The molecule has 0 saturated carbocycles. The molecule has 0 unspecified atom stereocenters. The molecule has 33 heavy (non-hydrogen) atoms. The number of benzene rings is 2. The first-order chi connectivity index (χ1) is 16.4. The minimum Gasteiger partial charge on any atom is -0.341 e. The molecule has 2 aromatic rings. The molecule has 1 heterocycles. The van der Waals surface area contributed by atoms with Crippen molar-refractivity contribution in [2.24, 2.45) is 0 Å². The second kappa shape index (κ2) is 16.0. The number of para-hydroxylation sites is 2. The fourth-order valence-corrected chi connectivity index (χ4v) is 5.43. The zero-order valence-electron chi connectivity index (χ0n) is 21.5. The molecule has 0 N–H and O–H groups in total. The summed E-state index contributed by atoms with van der Waals surface area (Å²) in [5.74, 6) is 0. The molecule has 0 saturated heterocycles. The summed E-state index contributed by atoms with van der Waals surface area (Å²) in [7, 11) is 0. The maximum atomic E-state index is 2.60. The highest BCUT2D eigenvalue weighted by molar-refractivity contribution is 5.71. The molecule has 0 fully saturated rings. The monoisotopic (exact) mass is 447 g/mol. The lowest BCUT2D eigenvalue weighted by molar-refractivity contribution is 0.530. The molecule has 0 spiro atoms. The van der Waals surface area contributed by atoms with Crippen LogP contribution in [0.1, 0.15) is 121 Å². The van der Waals surface area contributed by atoms with Gasteiger partial charge in [0.1, 0.15) is 0 Å².